The van der Waals surface area contributed by atoms with E-state index in [1.807, 2.05) is 14.1 Å². The number of nitrogens with zero attached hydrogens (tertiary/aromatic N) is 2. The van der Waals surface area contributed by atoms with Crippen LogP contribution in [0.4, 0.5) is 4.79 Å². The summed E-state index contributed by atoms with van der Waals surface area (Å²) in [5.74, 6) is -2.08. The third kappa shape index (κ3) is 46.6. The molecule has 0 saturated carbocycles. The molecule has 71 heavy (non-hydrogen) atoms. The number of carbonyl (C=O) groups excluding carboxylic acids is 6. The highest BCUT2D eigenvalue weighted by molar-refractivity contribution is 8.13. The number of unbranched alkanes of at least 4 members (excludes halogenated alkanes) is 17. The monoisotopic (exact) mass is 1030 g/mol. The van der Waals surface area contributed by atoms with E-state index in [4.69, 9.17) is 33.2 Å². The third-order valence-electron chi connectivity index (χ3n) is 11.9. The first-order valence-electron chi connectivity index (χ1n) is 27.9. The van der Waals surface area contributed by atoms with Crippen LogP contribution in [0.25, 0.3) is 0 Å². The zero-order valence-corrected chi connectivity index (χ0v) is 46.6. The summed E-state index contributed by atoms with van der Waals surface area (Å²) in [6.45, 7) is 10.9. The van der Waals surface area contributed by atoms with Crippen molar-refractivity contribution in [1.82, 2.24) is 9.80 Å². The van der Waals surface area contributed by atoms with Crippen molar-refractivity contribution in [2.24, 2.45) is 11.8 Å². The van der Waals surface area contributed by atoms with Gasteiger partial charge in [-0.2, -0.15) is 0 Å². The van der Waals surface area contributed by atoms with Gasteiger partial charge >= 0.3 is 29.8 Å². The minimum Gasteiger partial charge on any atom is -0.465 e. The number of amides is 1. The summed E-state index contributed by atoms with van der Waals surface area (Å²) in [7, 11) is 3.96. The predicted octanol–water partition coefficient (Wildman–Crippen LogP) is 12.0. The average molecular weight is 1030 g/mol. The molecule has 1 amide bonds. The van der Waals surface area contributed by atoms with Crippen molar-refractivity contribution in [3.8, 4) is 0 Å². The molecular weight excluding hydrogens is 929 g/mol. The van der Waals surface area contributed by atoms with Gasteiger partial charge in [0.25, 0.3) is 5.24 Å². The van der Waals surface area contributed by atoms with Crippen LogP contribution in [-0.4, -0.2) is 137 Å². The van der Waals surface area contributed by atoms with Crippen LogP contribution in [-0.2, 0) is 57.1 Å². The molecule has 0 aromatic heterocycles. The van der Waals surface area contributed by atoms with E-state index in [1.54, 1.807) is 4.90 Å². The smallest absolute Gasteiger partial charge is 0.305 e. The van der Waals surface area contributed by atoms with Crippen LogP contribution < -0.4 is 0 Å². The van der Waals surface area contributed by atoms with E-state index in [0.29, 0.717) is 44.5 Å². The fraction of sp³-hybridized carbons (Fsp3) is 0.891. The Bertz CT molecular complexity index is 1290. The molecule has 0 saturated heterocycles. The Morgan fingerprint density at radius 1 is 0.380 bits per heavy atom. The summed E-state index contributed by atoms with van der Waals surface area (Å²) in [4.78, 5) is 80.8. The molecule has 0 heterocycles. The van der Waals surface area contributed by atoms with Crippen molar-refractivity contribution in [3.63, 3.8) is 0 Å². The third-order valence-corrected chi connectivity index (χ3v) is 12.9. The molecule has 416 valence electrons. The molecule has 0 aliphatic rings. The van der Waals surface area contributed by atoms with E-state index < -0.39 is 17.9 Å². The second-order valence-corrected chi connectivity index (χ2v) is 20.3. The molecule has 0 fully saturated rings. The van der Waals surface area contributed by atoms with E-state index in [2.05, 4.69) is 32.6 Å². The average Bonchev–Trinajstić information content (AvgIpc) is 3.35. The molecule has 1 atom stereocenters. The SMILES string of the molecule is CCCCCCCCC(=O)OCC(COCOCCCCC)COC(=O)CCCN(CCCC(=O)OCC(COC(=O)CCCCCCCC)COC(=O)CCCCCCCC)C(=O)SCCCN(C)C. The maximum absolute atomic E-state index is 13.4. The second-order valence-electron chi connectivity index (χ2n) is 19.3. The zero-order chi connectivity index (χ0) is 52.4. The fourth-order valence-electron chi connectivity index (χ4n) is 7.39. The number of hydrogen-bond acceptors (Lipinski definition) is 15. The van der Waals surface area contributed by atoms with E-state index in [-0.39, 0.29) is 101 Å². The fourth-order valence-corrected chi connectivity index (χ4v) is 8.21. The topological polar surface area (TPSA) is 174 Å². The number of ether oxygens (including phenoxy) is 7. The maximum atomic E-state index is 13.4. The van der Waals surface area contributed by atoms with Crippen LogP contribution in [0.15, 0.2) is 0 Å². The van der Waals surface area contributed by atoms with Gasteiger partial charge in [0.05, 0.1) is 31.7 Å². The molecule has 0 spiro atoms. The van der Waals surface area contributed by atoms with Gasteiger partial charge in [-0.15, -0.1) is 0 Å². The summed E-state index contributed by atoms with van der Waals surface area (Å²) in [5, 5.41) is -0.131. The number of rotatable bonds is 51. The lowest BCUT2D eigenvalue weighted by Gasteiger charge is -2.22. The molecule has 15 nitrogen and oxygen atoms in total. The Hall–Kier alpha value is -2.95. The Balaban J connectivity index is 5.32. The summed E-state index contributed by atoms with van der Waals surface area (Å²) in [5.41, 5.74) is 0. The minimum absolute atomic E-state index is 0.00948. The molecule has 1 unspecified atom stereocenters. The predicted molar refractivity (Wildman–Crippen MR) is 283 cm³/mol. The van der Waals surface area contributed by atoms with Gasteiger partial charge < -0.3 is 43.0 Å². The van der Waals surface area contributed by atoms with E-state index in [0.717, 1.165) is 116 Å². The highest BCUT2D eigenvalue weighted by Gasteiger charge is 2.21. The Kier molecular flexibility index (Phi) is 48.5. The van der Waals surface area contributed by atoms with Gasteiger partial charge in [-0.05, 0) is 65.6 Å². The van der Waals surface area contributed by atoms with Gasteiger partial charge in [-0.1, -0.05) is 149 Å². The molecule has 0 aliphatic carbocycles. The summed E-state index contributed by atoms with van der Waals surface area (Å²) >= 11 is 1.22. The lowest BCUT2D eigenvalue weighted by molar-refractivity contribution is -0.155. The summed E-state index contributed by atoms with van der Waals surface area (Å²) in [6, 6.07) is 0. The van der Waals surface area contributed by atoms with Crippen LogP contribution in [0.3, 0.4) is 0 Å². The highest BCUT2D eigenvalue weighted by Crippen LogP contribution is 2.16. The maximum Gasteiger partial charge on any atom is 0.305 e. The first-order chi connectivity index (χ1) is 34.4. The van der Waals surface area contributed by atoms with E-state index >= 15 is 0 Å². The molecule has 0 aromatic carbocycles. The van der Waals surface area contributed by atoms with Crippen LogP contribution in [0, 0.1) is 11.8 Å². The molecule has 0 radical (unpaired) electrons. The van der Waals surface area contributed by atoms with Crippen molar-refractivity contribution in [1.29, 1.82) is 0 Å². The molecular formula is C55H102N2O13S. The van der Waals surface area contributed by atoms with E-state index in [1.165, 1.54) is 43.9 Å². The normalized spacial score (nSPS) is 11.7. The van der Waals surface area contributed by atoms with Gasteiger partial charge in [-0.3, -0.25) is 28.8 Å². The standard InChI is InChI=1S/C55H102N2O13S/c1-7-11-15-18-21-24-31-50(58)66-42-48(41-65-47-64-39-27-14-10-4)43-67-53(61)34-28-37-57(55(63)71-40-30-36-56(5)6)38-29-35-54(62)70-46-49(44-68-51(59)32-25-22-19-16-12-8-2)45-69-52(60)33-26-23-20-17-13-9-3/h48-49H,7-47H2,1-6H3. The summed E-state index contributed by atoms with van der Waals surface area (Å²) < 4.78 is 39.2. The largest absolute Gasteiger partial charge is 0.465 e. The van der Waals surface area contributed by atoms with Gasteiger partial charge in [0.1, 0.15) is 26.6 Å². The quantitative estimate of drug-likeness (QED) is 0.0243. The van der Waals surface area contributed by atoms with Crippen molar-refractivity contribution in [2.75, 3.05) is 92.5 Å². The first kappa shape index (κ1) is 68.0. The van der Waals surface area contributed by atoms with Crippen LogP contribution in [0.5, 0.6) is 0 Å². The van der Waals surface area contributed by atoms with Gasteiger partial charge in [0.15, 0.2) is 0 Å². The molecule has 0 bridgehead atoms. The Morgan fingerprint density at radius 3 is 1.10 bits per heavy atom. The molecule has 0 aromatic rings. The number of thioether (sulfide) groups is 1. The Morgan fingerprint density at radius 2 is 0.718 bits per heavy atom. The van der Waals surface area contributed by atoms with Crippen molar-refractivity contribution in [3.05, 3.63) is 0 Å². The highest BCUT2D eigenvalue weighted by atomic mass is 32.2. The van der Waals surface area contributed by atoms with Crippen molar-refractivity contribution in [2.45, 2.75) is 214 Å². The van der Waals surface area contributed by atoms with Crippen LogP contribution in [0.1, 0.15) is 214 Å². The van der Waals surface area contributed by atoms with Gasteiger partial charge in [0.2, 0.25) is 0 Å². The Labute approximate surface area is 435 Å². The molecule has 0 N–H and O–H groups in total. The van der Waals surface area contributed by atoms with Crippen LogP contribution >= 0.6 is 11.8 Å². The second kappa shape index (κ2) is 50.6. The lowest BCUT2D eigenvalue weighted by atomic mass is 10.1. The number of carbonyl (C=O) groups is 6. The zero-order valence-electron chi connectivity index (χ0n) is 45.8. The molecule has 0 aliphatic heterocycles. The van der Waals surface area contributed by atoms with E-state index in [9.17, 15) is 28.8 Å². The van der Waals surface area contributed by atoms with Gasteiger partial charge in [-0.25, -0.2) is 0 Å². The number of esters is 5. The van der Waals surface area contributed by atoms with Crippen molar-refractivity contribution < 1.29 is 61.9 Å². The molecule has 16 heteroatoms. The first-order valence-corrected chi connectivity index (χ1v) is 28.9. The van der Waals surface area contributed by atoms with Gasteiger partial charge in [0, 0.05) is 57.6 Å². The molecule has 0 rings (SSSR count). The summed E-state index contributed by atoms with van der Waals surface area (Å²) in [6.07, 6.45) is 24.7. The minimum atomic E-state index is -0.514. The lowest BCUT2D eigenvalue weighted by Crippen LogP contribution is -2.31. The van der Waals surface area contributed by atoms with Crippen molar-refractivity contribution >= 4 is 46.8 Å². The number of hydrogen-bond donors (Lipinski definition) is 0. The van der Waals surface area contributed by atoms with Crippen LogP contribution in [0.2, 0.25) is 0 Å².